The fourth-order valence-corrected chi connectivity index (χ4v) is 1.32. The van der Waals surface area contributed by atoms with Crippen molar-refractivity contribution in [3.63, 3.8) is 0 Å². The first-order chi connectivity index (χ1) is 7.20. The van der Waals surface area contributed by atoms with Gasteiger partial charge in [-0.2, -0.15) is 0 Å². The molecule has 15 heavy (non-hydrogen) atoms. The van der Waals surface area contributed by atoms with Crippen LogP contribution in [-0.4, -0.2) is 25.6 Å². The first kappa shape index (κ1) is 14.8. The third kappa shape index (κ3) is 10.1. The topological polar surface area (TPSA) is 9.23 Å². The minimum atomic E-state index is -0.691. The van der Waals surface area contributed by atoms with Gasteiger partial charge in [0.05, 0.1) is 12.3 Å². The Labute approximate surface area is 92.2 Å². The van der Waals surface area contributed by atoms with Crippen molar-refractivity contribution < 1.29 is 13.5 Å². The van der Waals surface area contributed by atoms with Crippen molar-refractivity contribution in [1.82, 2.24) is 0 Å². The maximum Gasteiger partial charge on any atom is 0.0999 e. The summed E-state index contributed by atoms with van der Waals surface area (Å²) in [5, 5.41) is 0. The Hall–Kier alpha value is -0.180. The van der Waals surface area contributed by atoms with Gasteiger partial charge in [0, 0.05) is 13.2 Å². The maximum absolute atomic E-state index is 12.8. The molecule has 2 atom stereocenters. The molecule has 0 aliphatic rings. The fourth-order valence-electron chi connectivity index (χ4n) is 1.32. The minimum absolute atomic E-state index is 0.581. The van der Waals surface area contributed by atoms with Crippen LogP contribution in [0, 0.1) is 0 Å². The third-order valence-corrected chi connectivity index (χ3v) is 2.50. The van der Waals surface area contributed by atoms with Crippen molar-refractivity contribution in [2.75, 3.05) is 13.2 Å². The van der Waals surface area contributed by atoms with Gasteiger partial charge in [0.1, 0.15) is 0 Å². The van der Waals surface area contributed by atoms with E-state index < -0.39 is 12.3 Å². The molecular weight excluding hydrogens is 198 g/mol. The lowest BCUT2D eigenvalue weighted by Crippen LogP contribution is -2.04. The summed E-state index contributed by atoms with van der Waals surface area (Å²) in [7, 11) is 0. The molecule has 0 spiro atoms. The molecule has 92 valence electrons. The standard InChI is InChI=1S/C12H24F2O/c1-3-11(13)7-5-9-15-10-6-8-12(14)4-2/h11-12H,3-10H2,1-2H3. The molecule has 0 rings (SSSR count). The van der Waals surface area contributed by atoms with Gasteiger partial charge in [-0.1, -0.05) is 13.8 Å². The molecule has 0 amide bonds. The lowest BCUT2D eigenvalue weighted by molar-refractivity contribution is 0.114. The summed E-state index contributed by atoms with van der Waals surface area (Å²) in [6.45, 7) is 4.89. The van der Waals surface area contributed by atoms with Crippen LogP contribution in [0.1, 0.15) is 52.4 Å². The van der Waals surface area contributed by atoms with Crippen LogP contribution >= 0.6 is 0 Å². The van der Waals surface area contributed by atoms with Gasteiger partial charge in [0.2, 0.25) is 0 Å². The average molecular weight is 222 g/mol. The molecule has 0 aromatic heterocycles. The molecular formula is C12H24F2O. The van der Waals surface area contributed by atoms with Crippen LogP contribution in [0.2, 0.25) is 0 Å². The Bertz CT molecular complexity index is 117. The van der Waals surface area contributed by atoms with E-state index in [1.54, 1.807) is 0 Å². The number of rotatable bonds is 10. The lowest BCUT2D eigenvalue weighted by atomic mass is 10.2. The summed E-state index contributed by atoms with van der Waals surface area (Å²) >= 11 is 0. The van der Waals surface area contributed by atoms with E-state index in [4.69, 9.17) is 4.74 Å². The second-order valence-corrected chi connectivity index (χ2v) is 3.91. The zero-order valence-electron chi connectivity index (χ0n) is 9.98. The van der Waals surface area contributed by atoms with Crippen molar-refractivity contribution in [3.8, 4) is 0 Å². The van der Waals surface area contributed by atoms with Gasteiger partial charge >= 0.3 is 0 Å². The van der Waals surface area contributed by atoms with E-state index in [0.717, 1.165) is 12.8 Å². The van der Waals surface area contributed by atoms with Crippen LogP contribution in [0.4, 0.5) is 8.78 Å². The van der Waals surface area contributed by atoms with Crippen LogP contribution in [0.25, 0.3) is 0 Å². The molecule has 0 aliphatic heterocycles. The Morgan fingerprint density at radius 3 is 1.60 bits per heavy atom. The molecule has 0 aromatic rings. The quantitative estimate of drug-likeness (QED) is 0.506. The number of hydrogen-bond acceptors (Lipinski definition) is 1. The summed E-state index contributed by atoms with van der Waals surface area (Å²) in [6, 6.07) is 0. The molecule has 0 fully saturated rings. The first-order valence-corrected chi connectivity index (χ1v) is 6.06. The second kappa shape index (κ2) is 10.3. The highest BCUT2D eigenvalue weighted by atomic mass is 19.1. The average Bonchev–Trinajstić information content (AvgIpc) is 2.26. The molecule has 0 saturated carbocycles. The van der Waals surface area contributed by atoms with E-state index in [2.05, 4.69) is 0 Å². The molecule has 0 N–H and O–H groups in total. The van der Waals surface area contributed by atoms with Gasteiger partial charge in [0.25, 0.3) is 0 Å². The Morgan fingerprint density at radius 2 is 1.27 bits per heavy atom. The predicted molar refractivity (Wildman–Crippen MR) is 59.7 cm³/mol. The number of hydrogen-bond donors (Lipinski definition) is 0. The summed E-state index contributed by atoms with van der Waals surface area (Å²) < 4.78 is 30.8. The highest BCUT2D eigenvalue weighted by Crippen LogP contribution is 2.07. The smallest absolute Gasteiger partial charge is 0.0999 e. The number of halogens is 2. The zero-order chi connectivity index (χ0) is 11.5. The SMILES string of the molecule is CCC(F)CCCOCCCC(F)CC. The van der Waals surface area contributed by atoms with Crippen molar-refractivity contribution in [1.29, 1.82) is 0 Å². The Balaban J connectivity index is 3.05. The molecule has 0 aliphatic carbocycles. The molecule has 0 radical (unpaired) electrons. The lowest BCUT2D eigenvalue weighted by Gasteiger charge is -2.07. The largest absolute Gasteiger partial charge is 0.381 e. The highest BCUT2D eigenvalue weighted by Gasteiger charge is 2.03. The third-order valence-electron chi connectivity index (χ3n) is 2.50. The molecule has 0 aromatic carbocycles. The molecule has 0 bridgehead atoms. The van der Waals surface area contributed by atoms with Crippen molar-refractivity contribution in [2.24, 2.45) is 0 Å². The van der Waals surface area contributed by atoms with Gasteiger partial charge in [-0.3, -0.25) is 0 Å². The molecule has 1 nitrogen and oxygen atoms in total. The van der Waals surface area contributed by atoms with E-state index in [0.29, 0.717) is 38.9 Å². The van der Waals surface area contributed by atoms with Crippen molar-refractivity contribution in [2.45, 2.75) is 64.7 Å². The van der Waals surface area contributed by atoms with Gasteiger partial charge in [-0.05, 0) is 38.5 Å². The van der Waals surface area contributed by atoms with Gasteiger partial charge < -0.3 is 4.74 Å². The van der Waals surface area contributed by atoms with Crippen LogP contribution in [0.15, 0.2) is 0 Å². The van der Waals surface area contributed by atoms with Crippen LogP contribution < -0.4 is 0 Å². The molecule has 0 saturated heterocycles. The van der Waals surface area contributed by atoms with E-state index in [9.17, 15) is 8.78 Å². The molecule has 0 heterocycles. The number of ether oxygens (including phenoxy) is 1. The van der Waals surface area contributed by atoms with Gasteiger partial charge in [-0.15, -0.1) is 0 Å². The van der Waals surface area contributed by atoms with Crippen molar-refractivity contribution in [3.05, 3.63) is 0 Å². The highest BCUT2D eigenvalue weighted by molar-refractivity contribution is 4.54. The molecule has 3 heteroatoms. The summed E-state index contributed by atoms with van der Waals surface area (Å²) in [6.07, 6.45) is 2.48. The Kier molecular flexibility index (Phi) is 10.2. The maximum atomic E-state index is 12.8. The first-order valence-electron chi connectivity index (χ1n) is 6.06. The number of alkyl halides is 2. The van der Waals surface area contributed by atoms with E-state index in [-0.39, 0.29) is 0 Å². The predicted octanol–water partition coefficient (Wildman–Crippen LogP) is 4.06. The van der Waals surface area contributed by atoms with Gasteiger partial charge in [0.15, 0.2) is 0 Å². The van der Waals surface area contributed by atoms with Gasteiger partial charge in [-0.25, -0.2) is 8.78 Å². The van der Waals surface area contributed by atoms with E-state index >= 15 is 0 Å². The van der Waals surface area contributed by atoms with Crippen LogP contribution in [0.3, 0.4) is 0 Å². The molecule has 2 unspecified atom stereocenters. The summed E-state index contributed by atoms with van der Waals surface area (Å²) in [4.78, 5) is 0. The van der Waals surface area contributed by atoms with Crippen LogP contribution in [0.5, 0.6) is 0 Å². The van der Waals surface area contributed by atoms with E-state index in [1.807, 2.05) is 13.8 Å². The van der Waals surface area contributed by atoms with E-state index in [1.165, 1.54) is 0 Å². The second-order valence-electron chi connectivity index (χ2n) is 3.91. The summed E-state index contributed by atoms with van der Waals surface area (Å²) in [5.41, 5.74) is 0. The monoisotopic (exact) mass is 222 g/mol. The van der Waals surface area contributed by atoms with Crippen LogP contribution in [-0.2, 0) is 4.74 Å². The minimum Gasteiger partial charge on any atom is -0.381 e. The normalized spacial score (nSPS) is 15.2. The fraction of sp³-hybridized carbons (Fsp3) is 1.00. The van der Waals surface area contributed by atoms with Crippen molar-refractivity contribution >= 4 is 0 Å². The zero-order valence-corrected chi connectivity index (χ0v) is 9.98. The summed E-state index contributed by atoms with van der Waals surface area (Å²) in [5.74, 6) is 0. The Morgan fingerprint density at radius 1 is 0.867 bits per heavy atom.